The zero-order chi connectivity index (χ0) is 20.7. The van der Waals surface area contributed by atoms with Crippen molar-refractivity contribution in [1.82, 2.24) is 10.2 Å². The molecule has 0 bridgehead atoms. The maximum Gasteiger partial charge on any atom is 0.242 e. The van der Waals surface area contributed by atoms with Crippen molar-refractivity contribution in [2.24, 2.45) is 5.92 Å². The third-order valence-corrected chi connectivity index (χ3v) is 4.77. The minimum Gasteiger partial charge on any atom is -0.354 e. The van der Waals surface area contributed by atoms with Crippen LogP contribution in [0.25, 0.3) is 0 Å². The van der Waals surface area contributed by atoms with Crippen LogP contribution in [0.5, 0.6) is 0 Å². The summed E-state index contributed by atoms with van der Waals surface area (Å²) in [5, 5.41) is 3.54. The first-order valence-electron chi connectivity index (χ1n) is 9.63. The van der Waals surface area contributed by atoms with Crippen LogP contribution in [0, 0.1) is 12.8 Å². The fourth-order valence-electron chi connectivity index (χ4n) is 2.97. The Kier molecular flexibility index (Phi) is 8.06. The third kappa shape index (κ3) is 6.68. The van der Waals surface area contributed by atoms with Crippen molar-refractivity contribution in [2.75, 3.05) is 6.54 Å². The van der Waals surface area contributed by atoms with Crippen LogP contribution in [0.2, 0.25) is 5.02 Å². The second-order valence-corrected chi connectivity index (χ2v) is 8.07. The summed E-state index contributed by atoms with van der Waals surface area (Å²) in [6.45, 7) is 8.77. The topological polar surface area (TPSA) is 49.4 Å². The van der Waals surface area contributed by atoms with Crippen LogP contribution >= 0.6 is 11.6 Å². The zero-order valence-electron chi connectivity index (χ0n) is 17.0. The van der Waals surface area contributed by atoms with Gasteiger partial charge in [0.1, 0.15) is 6.04 Å². The molecule has 150 valence electrons. The summed E-state index contributed by atoms with van der Waals surface area (Å²) >= 11 is 6.10. The van der Waals surface area contributed by atoms with Gasteiger partial charge in [0, 0.05) is 18.1 Å². The van der Waals surface area contributed by atoms with Gasteiger partial charge in [0.15, 0.2) is 0 Å². The molecule has 2 amide bonds. The minimum absolute atomic E-state index is 0.0854. The third-order valence-electron chi connectivity index (χ3n) is 4.53. The largest absolute Gasteiger partial charge is 0.354 e. The van der Waals surface area contributed by atoms with Crippen LogP contribution in [0.15, 0.2) is 48.5 Å². The van der Waals surface area contributed by atoms with Gasteiger partial charge in [-0.3, -0.25) is 9.59 Å². The number of carbonyl (C=O) groups excluding carboxylic acids is 2. The number of halogens is 1. The van der Waals surface area contributed by atoms with Gasteiger partial charge in [-0.2, -0.15) is 0 Å². The number of aryl methyl sites for hydroxylation is 1. The summed E-state index contributed by atoms with van der Waals surface area (Å²) in [6, 6.07) is 14.7. The summed E-state index contributed by atoms with van der Waals surface area (Å²) in [5.41, 5.74) is 2.94. The maximum absolute atomic E-state index is 13.1. The Labute approximate surface area is 172 Å². The van der Waals surface area contributed by atoms with Crippen molar-refractivity contribution < 1.29 is 9.59 Å². The van der Waals surface area contributed by atoms with Gasteiger partial charge in [-0.25, -0.2) is 0 Å². The van der Waals surface area contributed by atoms with Crippen molar-refractivity contribution >= 4 is 23.4 Å². The van der Waals surface area contributed by atoms with Crippen LogP contribution < -0.4 is 5.32 Å². The summed E-state index contributed by atoms with van der Waals surface area (Å²) < 4.78 is 0. The lowest BCUT2D eigenvalue weighted by atomic mass is 10.1. The molecule has 4 nitrogen and oxygen atoms in total. The Morgan fingerprint density at radius 1 is 1.04 bits per heavy atom. The molecule has 2 rings (SSSR count). The van der Waals surface area contributed by atoms with E-state index >= 15 is 0 Å². The molecule has 0 fully saturated rings. The highest BCUT2D eigenvalue weighted by Gasteiger charge is 2.26. The molecule has 0 aliphatic carbocycles. The van der Waals surface area contributed by atoms with Gasteiger partial charge in [0.2, 0.25) is 11.8 Å². The van der Waals surface area contributed by atoms with Gasteiger partial charge in [-0.05, 0) is 43.0 Å². The first kappa shape index (κ1) is 22.0. The first-order chi connectivity index (χ1) is 13.3. The Morgan fingerprint density at radius 2 is 1.71 bits per heavy atom. The predicted molar refractivity (Wildman–Crippen MR) is 114 cm³/mol. The number of hydrogen-bond acceptors (Lipinski definition) is 2. The lowest BCUT2D eigenvalue weighted by molar-refractivity contribution is -0.140. The molecule has 2 aromatic rings. The predicted octanol–water partition coefficient (Wildman–Crippen LogP) is 4.38. The Balaban J connectivity index is 2.21. The monoisotopic (exact) mass is 400 g/mol. The highest BCUT2D eigenvalue weighted by Crippen LogP contribution is 2.16. The molecule has 0 saturated carbocycles. The molecule has 0 heterocycles. The summed E-state index contributed by atoms with van der Waals surface area (Å²) in [7, 11) is 0. The highest BCUT2D eigenvalue weighted by molar-refractivity contribution is 6.30. The van der Waals surface area contributed by atoms with Gasteiger partial charge in [0.05, 0.1) is 6.42 Å². The Bertz CT molecular complexity index is 820. The van der Waals surface area contributed by atoms with Crippen molar-refractivity contribution in [3.05, 3.63) is 70.2 Å². The lowest BCUT2D eigenvalue weighted by Crippen LogP contribution is -2.48. The van der Waals surface area contributed by atoms with E-state index in [1.54, 1.807) is 17.9 Å². The van der Waals surface area contributed by atoms with E-state index in [1.165, 1.54) is 0 Å². The molecule has 0 unspecified atom stereocenters. The van der Waals surface area contributed by atoms with Crippen molar-refractivity contribution in [2.45, 2.75) is 46.7 Å². The highest BCUT2D eigenvalue weighted by atomic mass is 35.5. The molecule has 0 radical (unpaired) electrons. The second-order valence-electron chi connectivity index (χ2n) is 7.63. The van der Waals surface area contributed by atoms with E-state index in [0.29, 0.717) is 24.0 Å². The molecule has 28 heavy (non-hydrogen) atoms. The first-order valence-corrected chi connectivity index (χ1v) is 10.0. The van der Waals surface area contributed by atoms with Gasteiger partial charge in [0.25, 0.3) is 0 Å². The summed E-state index contributed by atoms with van der Waals surface area (Å²) in [6.07, 6.45) is 0.254. The summed E-state index contributed by atoms with van der Waals surface area (Å²) in [4.78, 5) is 27.4. The van der Waals surface area contributed by atoms with E-state index in [4.69, 9.17) is 11.6 Å². The fraction of sp³-hybridized carbons (Fsp3) is 0.391. The molecule has 2 aromatic carbocycles. The van der Waals surface area contributed by atoms with Crippen LogP contribution in [0.1, 0.15) is 37.5 Å². The van der Waals surface area contributed by atoms with Crippen molar-refractivity contribution in [3.63, 3.8) is 0 Å². The van der Waals surface area contributed by atoms with E-state index in [9.17, 15) is 9.59 Å². The molecular formula is C23H29ClN2O2. The number of hydrogen-bond donors (Lipinski definition) is 1. The molecule has 0 aromatic heterocycles. The number of nitrogens with one attached hydrogen (secondary N) is 1. The summed E-state index contributed by atoms with van der Waals surface area (Å²) in [5.74, 6) is 0.117. The molecule has 0 saturated heterocycles. The quantitative estimate of drug-likeness (QED) is 0.714. The van der Waals surface area contributed by atoms with E-state index in [2.05, 4.69) is 5.32 Å². The second kappa shape index (κ2) is 10.3. The molecule has 0 aliphatic heterocycles. The average molecular weight is 401 g/mol. The van der Waals surface area contributed by atoms with Crippen LogP contribution in [-0.4, -0.2) is 29.3 Å². The number of amides is 2. The maximum atomic E-state index is 13.1. The lowest BCUT2D eigenvalue weighted by Gasteiger charge is -2.29. The normalized spacial score (nSPS) is 11.9. The van der Waals surface area contributed by atoms with Crippen molar-refractivity contribution in [3.8, 4) is 0 Å². The number of benzene rings is 2. The molecule has 1 N–H and O–H groups in total. The molecular weight excluding hydrogens is 372 g/mol. The molecule has 5 heteroatoms. The van der Waals surface area contributed by atoms with E-state index in [1.807, 2.05) is 63.2 Å². The van der Waals surface area contributed by atoms with E-state index < -0.39 is 6.04 Å². The van der Waals surface area contributed by atoms with E-state index in [-0.39, 0.29) is 18.2 Å². The Morgan fingerprint density at radius 3 is 2.36 bits per heavy atom. The van der Waals surface area contributed by atoms with Gasteiger partial charge < -0.3 is 10.2 Å². The Hall–Kier alpha value is -2.33. The standard InChI is InChI=1S/C23H29ClN2O2/c1-16(2)14-25-23(28)18(4)26(15-20-9-6-10-21(24)12-20)22(27)13-19-8-5-7-17(3)11-19/h5-12,16,18H,13-15H2,1-4H3,(H,25,28)/t18-/m0/s1. The van der Waals surface area contributed by atoms with Crippen LogP contribution in [0.3, 0.4) is 0 Å². The number of rotatable bonds is 8. The minimum atomic E-state index is -0.574. The molecule has 0 spiro atoms. The van der Waals surface area contributed by atoms with E-state index in [0.717, 1.165) is 16.7 Å². The molecule has 0 aliphatic rings. The van der Waals surface area contributed by atoms with Crippen LogP contribution in [-0.2, 0) is 22.6 Å². The van der Waals surface area contributed by atoms with Gasteiger partial charge in [-0.15, -0.1) is 0 Å². The zero-order valence-corrected chi connectivity index (χ0v) is 17.8. The van der Waals surface area contributed by atoms with Crippen LogP contribution in [0.4, 0.5) is 0 Å². The SMILES string of the molecule is Cc1cccc(CC(=O)N(Cc2cccc(Cl)c2)[C@@H](C)C(=O)NCC(C)C)c1. The molecule has 1 atom stereocenters. The fourth-order valence-corrected chi connectivity index (χ4v) is 3.18. The van der Waals surface area contributed by atoms with Crippen molar-refractivity contribution in [1.29, 1.82) is 0 Å². The van der Waals surface area contributed by atoms with Gasteiger partial charge in [-0.1, -0.05) is 67.4 Å². The number of nitrogens with zero attached hydrogens (tertiary/aromatic N) is 1. The average Bonchev–Trinajstić information content (AvgIpc) is 2.63. The van der Waals surface area contributed by atoms with Gasteiger partial charge >= 0.3 is 0 Å². The number of carbonyl (C=O) groups is 2. The smallest absolute Gasteiger partial charge is 0.242 e.